The molecule has 0 atom stereocenters. The number of hydrogen-bond donors (Lipinski definition) is 0. The number of carbonyl (C=O) groups is 1. The summed E-state index contributed by atoms with van der Waals surface area (Å²) in [6, 6.07) is 9.42. The van der Waals surface area contributed by atoms with Crippen LogP contribution in [0.4, 0.5) is 0 Å². The molecule has 1 amide bonds. The van der Waals surface area contributed by atoms with Crippen LogP contribution in [0.3, 0.4) is 0 Å². The van der Waals surface area contributed by atoms with E-state index < -0.39 is 0 Å². The lowest BCUT2D eigenvalue weighted by Crippen LogP contribution is -2.49. The molecule has 0 radical (unpaired) electrons. The minimum Gasteiger partial charge on any atom is -0.493 e. The van der Waals surface area contributed by atoms with E-state index in [4.69, 9.17) is 4.74 Å². The predicted octanol–water partition coefficient (Wildman–Crippen LogP) is 1.74. The fourth-order valence-electron chi connectivity index (χ4n) is 2.95. The highest BCUT2D eigenvalue weighted by Gasteiger charge is 2.24. The second kappa shape index (κ2) is 7.97. The maximum Gasteiger partial charge on any atom is 0.257 e. The van der Waals surface area contributed by atoms with Crippen molar-refractivity contribution in [2.45, 2.75) is 13.5 Å². The lowest BCUT2D eigenvalue weighted by molar-refractivity contribution is 0.0628. The molecule has 0 aliphatic carbocycles. The lowest BCUT2D eigenvalue weighted by atomic mass is 10.1. The summed E-state index contributed by atoms with van der Waals surface area (Å²) < 4.78 is 7.52. The van der Waals surface area contributed by atoms with Gasteiger partial charge < -0.3 is 9.64 Å². The van der Waals surface area contributed by atoms with Crippen LogP contribution >= 0.6 is 0 Å². The quantitative estimate of drug-likeness (QED) is 0.810. The average Bonchev–Trinajstić information content (AvgIpc) is 3.14. The first-order valence-electron chi connectivity index (χ1n) is 8.49. The fraction of sp³-hybridized carbons (Fsp3) is 0.444. The van der Waals surface area contributed by atoms with Crippen LogP contribution < -0.4 is 4.74 Å². The smallest absolute Gasteiger partial charge is 0.257 e. The van der Waals surface area contributed by atoms with Gasteiger partial charge in [0.1, 0.15) is 5.75 Å². The maximum atomic E-state index is 12.8. The first-order chi connectivity index (χ1) is 11.8. The number of aromatic nitrogens is 2. The standard InChI is InChI=1S/C18H24N4O2/c1-2-24-17-7-4-3-6-16(17)18(23)21-13-10-20(11-14-21)12-15-22-9-5-8-19-22/h3-9H,2,10-15H2,1H3. The van der Waals surface area contributed by atoms with Crippen LogP contribution in [0.5, 0.6) is 5.75 Å². The van der Waals surface area contributed by atoms with Crippen molar-refractivity contribution in [1.82, 2.24) is 19.6 Å². The number of amides is 1. The molecular formula is C18H24N4O2. The number of para-hydroxylation sites is 1. The third-order valence-electron chi connectivity index (χ3n) is 4.28. The second-order valence-corrected chi connectivity index (χ2v) is 5.83. The Hall–Kier alpha value is -2.34. The van der Waals surface area contributed by atoms with E-state index >= 15 is 0 Å². The zero-order valence-corrected chi connectivity index (χ0v) is 14.1. The Kier molecular flexibility index (Phi) is 5.48. The third-order valence-corrected chi connectivity index (χ3v) is 4.28. The average molecular weight is 328 g/mol. The molecular weight excluding hydrogens is 304 g/mol. The molecule has 1 aliphatic rings. The fourth-order valence-corrected chi connectivity index (χ4v) is 2.95. The van der Waals surface area contributed by atoms with Gasteiger partial charge in [-0.15, -0.1) is 0 Å². The van der Waals surface area contributed by atoms with Gasteiger partial charge in [0.15, 0.2) is 0 Å². The third kappa shape index (κ3) is 3.94. The molecule has 1 aromatic heterocycles. The number of benzene rings is 1. The lowest BCUT2D eigenvalue weighted by Gasteiger charge is -2.35. The highest BCUT2D eigenvalue weighted by Crippen LogP contribution is 2.20. The summed E-state index contributed by atoms with van der Waals surface area (Å²) in [5.74, 6) is 0.733. The molecule has 2 heterocycles. The van der Waals surface area contributed by atoms with Crippen LogP contribution in [0.1, 0.15) is 17.3 Å². The molecule has 24 heavy (non-hydrogen) atoms. The number of nitrogens with zero attached hydrogens (tertiary/aromatic N) is 4. The number of hydrogen-bond acceptors (Lipinski definition) is 4. The molecule has 1 saturated heterocycles. The molecule has 0 N–H and O–H groups in total. The minimum absolute atomic E-state index is 0.0609. The van der Waals surface area contributed by atoms with Crippen molar-refractivity contribution in [3.05, 3.63) is 48.3 Å². The molecule has 3 rings (SSSR count). The zero-order valence-electron chi connectivity index (χ0n) is 14.1. The summed E-state index contributed by atoms with van der Waals surface area (Å²) in [4.78, 5) is 17.1. The summed E-state index contributed by atoms with van der Waals surface area (Å²) >= 11 is 0. The summed E-state index contributed by atoms with van der Waals surface area (Å²) in [5, 5.41) is 4.22. The highest BCUT2D eigenvalue weighted by molar-refractivity contribution is 5.97. The summed E-state index contributed by atoms with van der Waals surface area (Å²) in [5.41, 5.74) is 0.657. The molecule has 128 valence electrons. The van der Waals surface area contributed by atoms with Gasteiger partial charge in [-0.1, -0.05) is 12.1 Å². The molecule has 1 fully saturated rings. The molecule has 0 unspecified atom stereocenters. The van der Waals surface area contributed by atoms with E-state index in [1.807, 2.05) is 53.0 Å². The molecule has 0 spiro atoms. The van der Waals surface area contributed by atoms with Crippen LogP contribution in [0.2, 0.25) is 0 Å². The molecule has 2 aromatic rings. The van der Waals surface area contributed by atoms with Gasteiger partial charge in [-0.2, -0.15) is 5.10 Å². The predicted molar refractivity (Wildman–Crippen MR) is 92.2 cm³/mol. The molecule has 6 heteroatoms. The number of ether oxygens (including phenoxy) is 1. The van der Waals surface area contributed by atoms with Gasteiger partial charge >= 0.3 is 0 Å². The zero-order chi connectivity index (χ0) is 16.8. The van der Waals surface area contributed by atoms with E-state index in [-0.39, 0.29) is 5.91 Å². The van der Waals surface area contributed by atoms with Crippen LogP contribution in [-0.2, 0) is 6.54 Å². The normalized spacial score (nSPS) is 15.5. The Morgan fingerprint density at radius 1 is 1.12 bits per heavy atom. The Labute approximate surface area is 142 Å². The van der Waals surface area contributed by atoms with Crippen molar-refractivity contribution in [2.24, 2.45) is 0 Å². The number of carbonyl (C=O) groups excluding carboxylic acids is 1. The summed E-state index contributed by atoms with van der Waals surface area (Å²) in [7, 11) is 0. The van der Waals surface area contributed by atoms with Crippen LogP contribution in [0.25, 0.3) is 0 Å². The van der Waals surface area contributed by atoms with E-state index in [1.54, 1.807) is 6.20 Å². The van der Waals surface area contributed by atoms with Crippen LogP contribution in [0.15, 0.2) is 42.7 Å². The van der Waals surface area contributed by atoms with Gasteiger partial charge in [-0.05, 0) is 25.1 Å². The maximum absolute atomic E-state index is 12.8. The van der Waals surface area contributed by atoms with Gasteiger partial charge in [-0.25, -0.2) is 0 Å². The van der Waals surface area contributed by atoms with Crippen molar-refractivity contribution < 1.29 is 9.53 Å². The molecule has 0 bridgehead atoms. The van der Waals surface area contributed by atoms with Crippen LogP contribution in [0, 0.1) is 0 Å². The highest BCUT2D eigenvalue weighted by atomic mass is 16.5. The summed E-state index contributed by atoms with van der Waals surface area (Å²) in [6.07, 6.45) is 3.77. The Bertz CT molecular complexity index is 649. The van der Waals surface area contributed by atoms with E-state index in [2.05, 4.69) is 10.00 Å². The number of rotatable bonds is 6. The van der Waals surface area contributed by atoms with E-state index in [1.165, 1.54) is 0 Å². The van der Waals surface area contributed by atoms with Gasteiger partial charge in [0.05, 0.1) is 18.7 Å². The van der Waals surface area contributed by atoms with Gasteiger partial charge in [0.25, 0.3) is 5.91 Å². The van der Waals surface area contributed by atoms with Crippen molar-refractivity contribution in [1.29, 1.82) is 0 Å². The topological polar surface area (TPSA) is 50.6 Å². The van der Waals surface area contributed by atoms with Crippen molar-refractivity contribution >= 4 is 5.91 Å². The monoisotopic (exact) mass is 328 g/mol. The first-order valence-corrected chi connectivity index (χ1v) is 8.49. The van der Waals surface area contributed by atoms with Crippen LogP contribution in [-0.4, -0.2) is 64.8 Å². The van der Waals surface area contributed by atoms with Crippen molar-refractivity contribution in [2.75, 3.05) is 39.3 Å². The molecule has 1 aromatic carbocycles. The van der Waals surface area contributed by atoms with E-state index in [9.17, 15) is 4.79 Å². The first kappa shape index (κ1) is 16.5. The molecule has 1 aliphatic heterocycles. The van der Waals surface area contributed by atoms with Gasteiger partial charge in [-0.3, -0.25) is 14.4 Å². The second-order valence-electron chi connectivity index (χ2n) is 5.83. The summed E-state index contributed by atoms with van der Waals surface area (Å²) in [6.45, 7) is 7.61. The van der Waals surface area contributed by atoms with E-state index in [0.29, 0.717) is 17.9 Å². The Morgan fingerprint density at radius 2 is 1.92 bits per heavy atom. The Morgan fingerprint density at radius 3 is 2.62 bits per heavy atom. The van der Waals surface area contributed by atoms with Crippen molar-refractivity contribution in [3.63, 3.8) is 0 Å². The number of piperazine rings is 1. The molecule has 0 saturated carbocycles. The SMILES string of the molecule is CCOc1ccccc1C(=O)N1CCN(CCn2cccn2)CC1. The van der Waals surface area contributed by atoms with E-state index in [0.717, 1.165) is 39.3 Å². The van der Waals surface area contributed by atoms with Gasteiger partial charge in [0, 0.05) is 45.1 Å². The minimum atomic E-state index is 0.0609. The molecule has 6 nitrogen and oxygen atoms in total. The van der Waals surface area contributed by atoms with Crippen molar-refractivity contribution in [3.8, 4) is 5.75 Å². The largest absolute Gasteiger partial charge is 0.493 e. The Balaban J connectivity index is 1.53. The van der Waals surface area contributed by atoms with Gasteiger partial charge in [0.2, 0.25) is 0 Å².